The second-order valence-corrected chi connectivity index (χ2v) is 6.17. The summed E-state index contributed by atoms with van der Waals surface area (Å²) in [4.78, 5) is 14.7. The Bertz CT molecular complexity index is 329. The third-order valence-corrected chi connectivity index (χ3v) is 3.99. The minimum Gasteiger partial charge on any atom is -0.465 e. The van der Waals surface area contributed by atoms with Gasteiger partial charge in [-0.2, -0.15) is 0 Å². The first-order valence-corrected chi connectivity index (χ1v) is 7.77. The summed E-state index contributed by atoms with van der Waals surface area (Å²) in [5, 5.41) is 3.48. The van der Waals surface area contributed by atoms with Crippen molar-refractivity contribution in [3.8, 4) is 0 Å². The molecule has 0 bridgehead atoms. The molecule has 0 amide bonds. The highest BCUT2D eigenvalue weighted by molar-refractivity contribution is 5.80. The van der Waals surface area contributed by atoms with Crippen LogP contribution in [0.15, 0.2) is 0 Å². The van der Waals surface area contributed by atoms with E-state index in [-0.39, 0.29) is 5.97 Å². The average molecular weight is 284 g/mol. The monoisotopic (exact) mass is 284 g/mol. The van der Waals surface area contributed by atoms with Crippen molar-refractivity contribution in [1.82, 2.24) is 10.2 Å². The molecule has 2 aliphatic rings. The van der Waals surface area contributed by atoms with E-state index in [4.69, 9.17) is 9.47 Å². The van der Waals surface area contributed by atoms with Crippen LogP contribution in [0.2, 0.25) is 0 Å². The van der Waals surface area contributed by atoms with Crippen LogP contribution in [0.4, 0.5) is 0 Å². The number of carbonyl (C=O) groups is 1. The predicted octanol–water partition coefficient (Wildman–Crippen LogP) is 1.17. The minimum atomic E-state index is -0.604. The molecule has 2 fully saturated rings. The van der Waals surface area contributed by atoms with Crippen LogP contribution in [0.25, 0.3) is 0 Å². The van der Waals surface area contributed by atoms with Crippen LogP contribution in [0.5, 0.6) is 0 Å². The molecule has 1 N–H and O–H groups in total. The molecular formula is C15H28N2O3. The zero-order valence-electron chi connectivity index (χ0n) is 13.0. The van der Waals surface area contributed by atoms with Gasteiger partial charge in [-0.25, -0.2) is 0 Å². The molecule has 2 rings (SSSR count). The Hall–Kier alpha value is -0.650. The molecule has 0 spiro atoms. The zero-order valence-corrected chi connectivity index (χ0v) is 13.0. The highest BCUT2D eigenvalue weighted by Crippen LogP contribution is 2.30. The van der Waals surface area contributed by atoms with E-state index >= 15 is 0 Å². The average Bonchev–Trinajstić information content (AvgIpc) is 3.26. The van der Waals surface area contributed by atoms with E-state index in [1.165, 1.54) is 12.8 Å². The number of esters is 1. The first kappa shape index (κ1) is 15.7. The van der Waals surface area contributed by atoms with Gasteiger partial charge < -0.3 is 9.47 Å². The summed E-state index contributed by atoms with van der Waals surface area (Å²) in [5.74, 6) is -0.130. The fraction of sp³-hybridized carbons (Fsp3) is 0.933. The fourth-order valence-corrected chi connectivity index (χ4v) is 2.58. The summed E-state index contributed by atoms with van der Waals surface area (Å²) in [6.45, 7) is 6.56. The van der Waals surface area contributed by atoms with Crippen LogP contribution >= 0.6 is 0 Å². The van der Waals surface area contributed by atoms with E-state index in [0.29, 0.717) is 31.8 Å². The summed E-state index contributed by atoms with van der Waals surface area (Å²) in [6.07, 6.45) is 4.78. The van der Waals surface area contributed by atoms with Crippen molar-refractivity contribution in [3.63, 3.8) is 0 Å². The molecule has 116 valence electrons. The number of hydrogen-bond acceptors (Lipinski definition) is 5. The number of nitrogens with zero attached hydrogens (tertiary/aromatic N) is 1. The lowest BCUT2D eigenvalue weighted by atomic mass is 10.0. The first-order chi connectivity index (χ1) is 9.59. The van der Waals surface area contributed by atoms with Crippen LogP contribution in [0, 0.1) is 0 Å². The number of nitrogens with one attached hydrogen (secondary N) is 1. The number of rotatable bonds is 10. The molecule has 2 saturated carbocycles. The summed E-state index contributed by atoms with van der Waals surface area (Å²) >= 11 is 0. The van der Waals surface area contributed by atoms with Crippen molar-refractivity contribution >= 4 is 5.97 Å². The van der Waals surface area contributed by atoms with Gasteiger partial charge in [-0.3, -0.25) is 15.0 Å². The van der Waals surface area contributed by atoms with Gasteiger partial charge >= 0.3 is 5.97 Å². The van der Waals surface area contributed by atoms with E-state index in [1.807, 2.05) is 13.8 Å². The Morgan fingerprint density at radius 3 is 2.55 bits per heavy atom. The number of hydrogen-bond donors (Lipinski definition) is 1. The van der Waals surface area contributed by atoms with E-state index < -0.39 is 5.54 Å². The molecule has 0 aromatic carbocycles. The van der Waals surface area contributed by atoms with Crippen LogP contribution in [-0.4, -0.2) is 61.9 Å². The van der Waals surface area contributed by atoms with Gasteiger partial charge in [0.1, 0.15) is 5.54 Å². The SMILES string of the molecule is CCOC(=O)C(C)(CN(CCOC)C1CC1)NC1CC1. The normalized spacial score (nSPS) is 21.8. The van der Waals surface area contributed by atoms with Crippen molar-refractivity contribution in [1.29, 1.82) is 0 Å². The van der Waals surface area contributed by atoms with Crippen molar-refractivity contribution in [2.75, 3.05) is 33.4 Å². The van der Waals surface area contributed by atoms with Gasteiger partial charge in [0.2, 0.25) is 0 Å². The molecule has 20 heavy (non-hydrogen) atoms. The highest BCUT2D eigenvalue weighted by atomic mass is 16.5. The van der Waals surface area contributed by atoms with Gasteiger partial charge in [0, 0.05) is 32.3 Å². The molecule has 0 heterocycles. The maximum atomic E-state index is 12.3. The van der Waals surface area contributed by atoms with Gasteiger partial charge in [-0.05, 0) is 39.5 Å². The Kier molecular flexibility index (Phi) is 5.41. The molecular weight excluding hydrogens is 256 g/mol. The Morgan fingerprint density at radius 1 is 1.35 bits per heavy atom. The standard InChI is InChI=1S/C15H28N2O3/c1-4-20-14(18)15(2,16-12-5-6-12)11-17(9-10-19-3)13-7-8-13/h12-13,16H,4-11H2,1-3H3. The maximum Gasteiger partial charge on any atom is 0.327 e. The molecule has 5 nitrogen and oxygen atoms in total. The van der Waals surface area contributed by atoms with Crippen LogP contribution < -0.4 is 5.32 Å². The smallest absolute Gasteiger partial charge is 0.327 e. The molecule has 0 aromatic heterocycles. The van der Waals surface area contributed by atoms with Gasteiger partial charge in [-0.1, -0.05) is 0 Å². The highest BCUT2D eigenvalue weighted by Gasteiger charge is 2.43. The Balaban J connectivity index is 1.98. The molecule has 0 saturated heterocycles. The van der Waals surface area contributed by atoms with E-state index in [0.717, 1.165) is 19.4 Å². The molecule has 0 aromatic rings. The number of carbonyl (C=O) groups excluding carboxylic acids is 1. The van der Waals surface area contributed by atoms with Gasteiger partial charge in [0.05, 0.1) is 13.2 Å². The third-order valence-electron chi connectivity index (χ3n) is 3.99. The quantitative estimate of drug-likeness (QED) is 0.610. The molecule has 0 radical (unpaired) electrons. The number of ether oxygens (including phenoxy) is 2. The zero-order chi connectivity index (χ0) is 14.6. The second kappa shape index (κ2) is 6.87. The molecule has 1 atom stereocenters. The van der Waals surface area contributed by atoms with Crippen LogP contribution in [-0.2, 0) is 14.3 Å². The van der Waals surface area contributed by atoms with Crippen molar-refractivity contribution in [2.45, 2.75) is 57.2 Å². The predicted molar refractivity (Wildman–Crippen MR) is 77.7 cm³/mol. The van der Waals surface area contributed by atoms with Crippen molar-refractivity contribution in [2.24, 2.45) is 0 Å². The summed E-state index contributed by atoms with van der Waals surface area (Å²) in [6, 6.07) is 1.09. The molecule has 5 heteroatoms. The van der Waals surface area contributed by atoms with Crippen molar-refractivity contribution in [3.05, 3.63) is 0 Å². The summed E-state index contributed by atoms with van der Waals surface area (Å²) in [5.41, 5.74) is -0.604. The fourth-order valence-electron chi connectivity index (χ4n) is 2.58. The van der Waals surface area contributed by atoms with E-state index in [9.17, 15) is 4.79 Å². The van der Waals surface area contributed by atoms with Gasteiger partial charge in [0.15, 0.2) is 0 Å². The third kappa shape index (κ3) is 4.43. The van der Waals surface area contributed by atoms with Crippen molar-refractivity contribution < 1.29 is 14.3 Å². The molecule has 0 aliphatic heterocycles. The van der Waals surface area contributed by atoms with Crippen LogP contribution in [0.1, 0.15) is 39.5 Å². The van der Waals surface area contributed by atoms with Crippen LogP contribution in [0.3, 0.4) is 0 Å². The maximum absolute atomic E-state index is 12.3. The lowest BCUT2D eigenvalue weighted by Crippen LogP contribution is -2.59. The first-order valence-electron chi connectivity index (χ1n) is 7.77. The topological polar surface area (TPSA) is 50.8 Å². The largest absolute Gasteiger partial charge is 0.465 e. The molecule has 2 aliphatic carbocycles. The van der Waals surface area contributed by atoms with Gasteiger partial charge in [0.25, 0.3) is 0 Å². The second-order valence-electron chi connectivity index (χ2n) is 6.17. The number of methoxy groups -OCH3 is 1. The minimum absolute atomic E-state index is 0.130. The van der Waals surface area contributed by atoms with Gasteiger partial charge in [-0.15, -0.1) is 0 Å². The Morgan fingerprint density at radius 2 is 2.05 bits per heavy atom. The summed E-state index contributed by atoms with van der Waals surface area (Å²) in [7, 11) is 1.72. The molecule has 1 unspecified atom stereocenters. The summed E-state index contributed by atoms with van der Waals surface area (Å²) < 4.78 is 10.5. The van der Waals surface area contributed by atoms with E-state index in [2.05, 4.69) is 10.2 Å². The van der Waals surface area contributed by atoms with E-state index in [1.54, 1.807) is 7.11 Å². The lowest BCUT2D eigenvalue weighted by molar-refractivity contribution is -0.151. The Labute approximate surface area is 122 Å². The lowest BCUT2D eigenvalue weighted by Gasteiger charge is -2.34.